The first kappa shape index (κ1) is 14.6. The van der Waals surface area contributed by atoms with Gasteiger partial charge in [0, 0.05) is 12.5 Å². The molecule has 0 aliphatic heterocycles. The Labute approximate surface area is 128 Å². The number of carbonyl (C=O) groups is 1. The summed E-state index contributed by atoms with van der Waals surface area (Å²) < 4.78 is 0. The topological polar surface area (TPSA) is 20.3 Å². The molecule has 1 aromatic rings. The van der Waals surface area contributed by atoms with Gasteiger partial charge in [0.1, 0.15) is 0 Å². The fourth-order valence-electron chi connectivity index (χ4n) is 3.81. The molecule has 2 aliphatic rings. The summed E-state index contributed by atoms with van der Waals surface area (Å²) >= 11 is 0. The van der Waals surface area contributed by atoms with Crippen molar-refractivity contribution in [1.82, 2.24) is 4.90 Å². The van der Waals surface area contributed by atoms with E-state index in [0.29, 0.717) is 23.9 Å². The zero-order chi connectivity index (χ0) is 14.8. The van der Waals surface area contributed by atoms with E-state index in [4.69, 9.17) is 0 Å². The van der Waals surface area contributed by atoms with Gasteiger partial charge in [-0.2, -0.15) is 0 Å². The molecule has 1 amide bonds. The second-order valence-corrected chi connectivity index (χ2v) is 6.88. The quantitative estimate of drug-likeness (QED) is 0.754. The van der Waals surface area contributed by atoms with Crippen LogP contribution in [0.3, 0.4) is 0 Å². The SMILES string of the molecule is CCCC(C)CC(=O)N(C1CC1)C1CCc2ccccc21. The molecule has 0 spiro atoms. The van der Waals surface area contributed by atoms with Gasteiger partial charge in [-0.1, -0.05) is 51.0 Å². The normalized spacial score (nSPS) is 21.9. The summed E-state index contributed by atoms with van der Waals surface area (Å²) in [6.07, 6.45) is 7.70. The molecule has 2 heteroatoms. The number of rotatable bonds is 6. The van der Waals surface area contributed by atoms with Crippen molar-refractivity contribution >= 4 is 5.91 Å². The molecule has 2 aliphatic carbocycles. The number of fused-ring (bicyclic) bond motifs is 1. The number of nitrogens with zero attached hydrogens (tertiary/aromatic N) is 1. The van der Waals surface area contributed by atoms with E-state index in [0.717, 1.165) is 25.7 Å². The van der Waals surface area contributed by atoms with Crippen LogP contribution in [0.4, 0.5) is 0 Å². The van der Waals surface area contributed by atoms with Crippen LogP contribution in [0.5, 0.6) is 0 Å². The Bertz CT molecular complexity index is 506. The average Bonchev–Trinajstić information content (AvgIpc) is 3.20. The van der Waals surface area contributed by atoms with Crippen molar-refractivity contribution in [1.29, 1.82) is 0 Å². The molecule has 0 aromatic heterocycles. The predicted octanol–water partition coefficient (Wildman–Crippen LogP) is 4.49. The third-order valence-electron chi connectivity index (χ3n) is 4.97. The van der Waals surface area contributed by atoms with E-state index in [-0.39, 0.29) is 0 Å². The molecule has 0 bridgehead atoms. The van der Waals surface area contributed by atoms with Gasteiger partial charge >= 0.3 is 0 Å². The minimum Gasteiger partial charge on any atom is -0.333 e. The molecule has 21 heavy (non-hydrogen) atoms. The lowest BCUT2D eigenvalue weighted by Gasteiger charge is -2.31. The van der Waals surface area contributed by atoms with Crippen LogP contribution in [0.2, 0.25) is 0 Å². The molecule has 0 radical (unpaired) electrons. The highest BCUT2D eigenvalue weighted by atomic mass is 16.2. The number of benzene rings is 1. The zero-order valence-electron chi connectivity index (χ0n) is 13.3. The fourth-order valence-corrected chi connectivity index (χ4v) is 3.81. The van der Waals surface area contributed by atoms with E-state index < -0.39 is 0 Å². The molecule has 2 unspecified atom stereocenters. The van der Waals surface area contributed by atoms with E-state index in [1.165, 1.54) is 30.4 Å². The molecular weight excluding hydrogens is 258 g/mol. The smallest absolute Gasteiger partial charge is 0.223 e. The highest BCUT2D eigenvalue weighted by Gasteiger charge is 2.40. The van der Waals surface area contributed by atoms with Gasteiger partial charge in [0.05, 0.1) is 6.04 Å². The van der Waals surface area contributed by atoms with Crippen molar-refractivity contribution in [2.45, 2.75) is 70.9 Å². The third-order valence-corrected chi connectivity index (χ3v) is 4.97. The van der Waals surface area contributed by atoms with Crippen LogP contribution in [-0.4, -0.2) is 16.8 Å². The van der Waals surface area contributed by atoms with E-state index in [1.807, 2.05) is 0 Å². The summed E-state index contributed by atoms with van der Waals surface area (Å²) in [5.41, 5.74) is 2.85. The van der Waals surface area contributed by atoms with Crippen molar-refractivity contribution in [3.63, 3.8) is 0 Å². The van der Waals surface area contributed by atoms with Crippen molar-refractivity contribution < 1.29 is 4.79 Å². The predicted molar refractivity (Wildman–Crippen MR) is 86.1 cm³/mol. The molecular formula is C19H27NO. The molecule has 1 aromatic carbocycles. The Balaban J connectivity index is 1.75. The minimum atomic E-state index is 0.343. The van der Waals surface area contributed by atoms with Crippen LogP contribution in [0.1, 0.15) is 69.5 Å². The molecule has 114 valence electrons. The number of amides is 1. The molecule has 3 rings (SSSR count). The Kier molecular flexibility index (Phi) is 4.32. The largest absolute Gasteiger partial charge is 0.333 e. The lowest BCUT2D eigenvalue weighted by Crippen LogP contribution is -2.36. The Hall–Kier alpha value is -1.31. The number of carbonyl (C=O) groups excluding carboxylic acids is 1. The standard InChI is InChI=1S/C19H27NO/c1-3-6-14(2)13-19(21)20(16-10-11-16)18-12-9-15-7-4-5-8-17(15)18/h4-5,7-8,14,16,18H,3,6,9-13H2,1-2H3. The molecule has 0 heterocycles. The van der Waals surface area contributed by atoms with E-state index in [2.05, 4.69) is 43.0 Å². The van der Waals surface area contributed by atoms with Gasteiger partial charge in [0.15, 0.2) is 0 Å². The first-order valence-electron chi connectivity index (χ1n) is 8.59. The summed E-state index contributed by atoms with van der Waals surface area (Å²) in [7, 11) is 0. The third kappa shape index (κ3) is 3.14. The average molecular weight is 285 g/mol. The summed E-state index contributed by atoms with van der Waals surface area (Å²) in [5, 5.41) is 0. The van der Waals surface area contributed by atoms with Crippen LogP contribution < -0.4 is 0 Å². The Morgan fingerprint density at radius 3 is 2.76 bits per heavy atom. The Morgan fingerprint density at radius 2 is 2.05 bits per heavy atom. The zero-order valence-corrected chi connectivity index (χ0v) is 13.3. The van der Waals surface area contributed by atoms with E-state index in [9.17, 15) is 4.79 Å². The highest BCUT2D eigenvalue weighted by Crippen LogP contribution is 2.42. The van der Waals surface area contributed by atoms with Gasteiger partial charge in [-0.05, 0) is 42.7 Å². The number of hydrogen-bond donors (Lipinski definition) is 0. The van der Waals surface area contributed by atoms with Gasteiger partial charge in [-0.25, -0.2) is 0 Å². The second-order valence-electron chi connectivity index (χ2n) is 6.88. The summed E-state index contributed by atoms with van der Waals surface area (Å²) in [4.78, 5) is 15.1. The van der Waals surface area contributed by atoms with Gasteiger partial charge in [0.2, 0.25) is 5.91 Å². The maximum Gasteiger partial charge on any atom is 0.223 e. The van der Waals surface area contributed by atoms with Crippen molar-refractivity contribution in [3.05, 3.63) is 35.4 Å². The lowest BCUT2D eigenvalue weighted by atomic mass is 10.00. The molecule has 0 saturated heterocycles. The first-order chi connectivity index (χ1) is 10.2. The molecule has 1 fully saturated rings. The van der Waals surface area contributed by atoms with Crippen molar-refractivity contribution in [3.8, 4) is 0 Å². The van der Waals surface area contributed by atoms with E-state index in [1.54, 1.807) is 0 Å². The lowest BCUT2D eigenvalue weighted by molar-refractivity contribution is -0.135. The maximum absolute atomic E-state index is 12.8. The van der Waals surface area contributed by atoms with Crippen LogP contribution in [0, 0.1) is 5.92 Å². The van der Waals surface area contributed by atoms with Crippen LogP contribution >= 0.6 is 0 Å². The number of aryl methyl sites for hydroxylation is 1. The monoisotopic (exact) mass is 285 g/mol. The summed E-state index contributed by atoms with van der Waals surface area (Å²) in [5.74, 6) is 0.903. The van der Waals surface area contributed by atoms with Crippen molar-refractivity contribution in [2.75, 3.05) is 0 Å². The first-order valence-corrected chi connectivity index (χ1v) is 8.59. The summed E-state index contributed by atoms with van der Waals surface area (Å²) in [6.45, 7) is 4.42. The fraction of sp³-hybridized carbons (Fsp3) is 0.632. The molecule has 2 nitrogen and oxygen atoms in total. The van der Waals surface area contributed by atoms with E-state index >= 15 is 0 Å². The summed E-state index contributed by atoms with van der Waals surface area (Å²) in [6, 6.07) is 9.55. The van der Waals surface area contributed by atoms with Gasteiger partial charge in [0.25, 0.3) is 0 Å². The Morgan fingerprint density at radius 1 is 1.29 bits per heavy atom. The molecule has 2 atom stereocenters. The van der Waals surface area contributed by atoms with Crippen LogP contribution in [0.15, 0.2) is 24.3 Å². The van der Waals surface area contributed by atoms with Crippen molar-refractivity contribution in [2.24, 2.45) is 5.92 Å². The molecule has 1 saturated carbocycles. The minimum absolute atomic E-state index is 0.343. The second kappa shape index (κ2) is 6.21. The number of hydrogen-bond acceptors (Lipinski definition) is 1. The van der Waals surface area contributed by atoms with Gasteiger partial charge < -0.3 is 4.90 Å². The maximum atomic E-state index is 12.8. The molecule has 0 N–H and O–H groups in total. The van der Waals surface area contributed by atoms with Crippen LogP contribution in [-0.2, 0) is 11.2 Å². The van der Waals surface area contributed by atoms with Crippen LogP contribution in [0.25, 0.3) is 0 Å². The van der Waals surface area contributed by atoms with Gasteiger partial charge in [-0.15, -0.1) is 0 Å². The van der Waals surface area contributed by atoms with Gasteiger partial charge in [-0.3, -0.25) is 4.79 Å². The highest BCUT2D eigenvalue weighted by molar-refractivity contribution is 5.78.